The number of phosphoric acid groups is 1. The molecular formula is C18H20FN9O9P2S. The third-order valence-electron chi connectivity index (χ3n) is 6.06. The van der Waals surface area contributed by atoms with Crippen molar-refractivity contribution in [1.29, 1.82) is 0 Å². The van der Waals surface area contributed by atoms with E-state index in [2.05, 4.69) is 29.9 Å². The summed E-state index contributed by atoms with van der Waals surface area (Å²) < 4.78 is 57.8. The van der Waals surface area contributed by atoms with Gasteiger partial charge in [0.1, 0.15) is 36.5 Å². The molecule has 2 aliphatic heterocycles. The van der Waals surface area contributed by atoms with Gasteiger partial charge in [-0.3, -0.25) is 27.9 Å². The fraction of sp³-hybridized carbons (Fsp3) is 0.444. The second kappa shape index (κ2) is 10.3. The molecule has 0 amide bonds. The maximum Gasteiger partial charge on any atom is 0.472 e. The number of H-pyrrole nitrogens is 1. The molecule has 4 aromatic rings. The summed E-state index contributed by atoms with van der Waals surface area (Å²) in [7, 11) is -4.69. The summed E-state index contributed by atoms with van der Waals surface area (Å²) in [6, 6.07) is 0. The van der Waals surface area contributed by atoms with Crippen molar-refractivity contribution in [2.24, 2.45) is 0 Å². The molecule has 6 atom stereocenters. The fourth-order valence-corrected chi connectivity index (χ4v) is 6.39. The molecule has 6 rings (SSSR count). The molecule has 0 saturated carbocycles. The Kier molecular flexibility index (Phi) is 7.02. The van der Waals surface area contributed by atoms with Gasteiger partial charge in [0.2, 0.25) is 5.95 Å². The van der Waals surface area contributed by atoms with E-state index in [-0.39, 0.29) is 36.1 Å². The molecule has 40 heavy (non-hydrogen) atoms. The van der Waals surface area contributed by atoms with Crippen LogP contribution in [0.2, 0.25) is 0 Å². The van der Waals surface area contributed by atoms with E-state index in [1.807, 2.05) is 0 Å². The van der Waals surface area contributed by atoms with Gasteiger partial charge in [0.15, 0.2) is 29.2 Å². The van der Waals surface area contributed by atoms with Crippen LogP contribution >= 0.6 is 14.5 Å². The van der Waals surface area contributed by atoms with Gasteiger partial charge >= 0.3 is 14.5 Å². The number of phosphoric ester groups is 1. The Morgan fingerprint density at radius 1 is 1.20 bits per heavy atom. The average Bonchev–Trinajstić information content (AvgIpc) is 3.55. The second-order valence-corrected chi connectivity index (χ2v) is 12.8. The lowest BCUT2D eigenvalue weighted by Gasteiger charge is -2.25. The fourth-order valence-electron chi connectivity index (χ4n) is 4.34. The number of nitrogens with zero attached hydrogens (tertiary/aromatic N) is 7. The number of hydrogen-bond donors (Lipinski definition) is 4. The van der Waals surface area contributed by atoms with Crippen LogP contribution in [0, 0.1) is 0 Å². The molecule has 22 heteroatoms. The van der Waals surface area contributed by atoms with Crippen LogP contribution < -0.4 is 11.3 Å². The van der Waals surface area contributed by atoms with Crippen LogP contribution in [0.25, 0.3) is 22.3 Å². The van der Waals surface area contributed by atoms with Crippen molar-refractivity contribution < 1.29 is 41.6 Å². The lowest BCUT2D eigenvalue weighted by atomic mass is 10.1. The summed E-state index contributed by atoms with van der Waals surface area (Å²) in [6.07, 6.45) is -2.85. The Morgan fingerprint density at radius 3 is 2.85 bits per heavy atom. The molecule has 0 aliphatic carbocycles. The maximum absolute atomic E-state index is 15.7. The number of hydrogen-bond acceptors (Lipinski definition) is 14. The molecule has 0 aromatic carbocycles. The molecule has 5 N–H and O–H groups in total. The Morgan fingerprint density at radius 2 is 2.02 bits per heavy atom. The van der Waals surface area contributed by atoms with Gasteiger partial charge < -0.3 is 29.3 Å². The molecule has 6 heterocycles. The van der Waals surface area contributed by atoms with E-state index in [1.165, 1.54) is 17.1 Å². The largest absolute Gasteiger partial charge is 0.472 e. The van der Waals surface area contributed by atoms with Crippen LogP contribution in [0.5, 0.6) is 0 Å². The predicted octanol–water partition coefficient (Wildman–Crippen LogP) is 0.0430. The quantitative estimate of drug-likeness (QED) is 0.206. The van der Waals surface area contributed by atoms with Gasteiger partial charge in [-0.2, -0.15) is 4.98 Å². The second-order valence-electron chi connectivity index (χ2n) is 8.61. The van der Waals surface area contributed by atoms with Crippen molar-refractivity contribution in [3.05, 3.63) is 35.0 Å². The first-order chi connectivity index (χ1) is 19.0. The lowest BCUT2D eigenvalue weighted by molar-refractivity contribution is -0.0484. The zero-order valence-electron chi connectivity index (χ0n) is 20.0. The third-order valence-corrected chi connectivity index (χ3v) is 8.59. The van der Waals surface area contributed by atoms with Crippen molar-refractivity contribution >= 4 is 54.6 Å². The number of fused-ring (bicyclic) bond motifs is 6. The van der Waals surface area contributed by atoms with E-state index in [4.69, 9.17) is 40.4 Å². The van der Waals surface area contributed by atoms with Crippen LogP contribution in [0.4, 0.5) is 10.3 Å². The van der Waals surface area contributed by atoms with Crippen molar-refractivity contribution in [3.63, 3.8) is 0 Å². The monoisotopic (exact) mass is 619 g/mol. The number of nitrogens with two attached hydrogens (primary N) is 1. The molecular weight excluding hydrogens is 599 g/mol. The van der Waals surface area contributed by atoms with Crippen LogP contribution in [0.15, 0.2) is 23.6 Å². The van der Waals surface area contributed by atoms with Crippen molar-refractivity contribution in [2.45, 2.75) is 37.8 Å². The number of aromatic nitrogens is 8. The molecule has 1 fully saturated rings. The molecule has 2 bridgehead atoms. The first-order valence-electron chi connectivity index (χ1n) is 11.5. The standard InChI is InChI=1S/C18H20FN9O9P2S/c19-11-9-4-34-38(30,31)33-2-1-27-10(24-8-3-21-6-22-14(8)27)5-35-39(32,40)37-13(11)17(36-9)28-7-23-12-15(28)25-18(20)26-16(12)29/h3,6-7,9,11,13,17H,1-2,4-5H2,(H,30,31)(H,32,40)(H3,20,25,26,29)/t9-,11+,13-,17-,39?/m1/s1. The lowest BCUT2D eigenvalue weighted by Crippen LogP contribution is -2.32. The number of nitrogen functional groups attached to an aromatic ring is 1. The highest BCUT2D eigenvalue weighted by Crippen LogP contribution is 2.52. The molecule has 0 radical (unpaired) electrons. The summed E-state index contributed by atoms with van der Waals surface area (Å²) in [5.74, 6) is -0.0506. The van der Waals surface area contributed by atoms with Crippen LogP contribution in [0.3, 0.4) is 0 Å². The van der Waals surface area contributed by atoms with Crippen molar-refractivity contribution in [2.75, 3.05) is 18.9 Å². The van der Waals surface area contributed by atoms with E-state index < -0.39 is 57.9 Å². The van der Waals surface area contributed by atoms with E-state index in [0.717, 1.165) is 10.9 Å². The van der Waals surface area contributed by atoms with E-state index in [1.54, 1.807) is 0 Å². The topological polar surface area (TPSA) is 237 Å². The number of imidazole rings is 2. The maximum atomic E-state index is 15.7. The normalized spacial score (nSPS) is 32.1. The minimum Gasteiger partial charge on any atom is -0.369 e. The summed E-state index contributed by atoms with van der Waals surface area (Å²) >= 11 is 5.17. The number of nitrogens with one attached hydrogen (secondary N) is 1. The minimum absolute atomic E-state index is 0.0192. The number of aromatic amines is 1. The first kappa shape index (κ1) is 27.4. The van der Waals surface area contributed by atoms with Gasteiger partial charge in [0.05, 0.1) is 25.7 Å². The number of rotatable bonds is 1. The number of alkyl halides is 1. The van der Waals surface area contributed by atoms with Gasteiger partial charge in [-0.25, -0.2) is 28.9 Å². The number of ether oxygens (including phenoxy) is 1. The highest BCUT2D eigenvalue weighted by molar-refractivity contribution is 8.07. The molecule has 18 nitrogen and oxygen atoms in total. The Balaban J connectivity index is 1.38. The Hall–Kier alpha value is -2.77. The van der Waals surface area contributed by atoms with Gasteiger partial charge in [-0.1, -0.05) is 0 Å². The summed E-state index contributed by atoms with van der Waals surface area (Å²) in [6.45, 7) is -5.71. The number of anilines is 1. The first-order valence-corrected chi connectivity index (χ1v) is 15.5. The average molecular weight is 619 g/mol. The molecule has 4 aromatic heterocycles. The van der Waals surface area contributed by atoms with Gasteiger partial charge in [-0.15, -0.1) is 0 Å². The van der Waals surface area contributed by atoms with Gasteiger partial charge in [-0.05, 0) is 11.8 Å². The SMILES string of the molecule is Nc1nc2c(ncn2[C@@H]2O[C@@H]3COP(=O)(O)OCCn4c(nc5cncnc54)COP(O)(=S)O[C@@H]2[C@H]3F)c(=O)[nH]1. The third kappa shape index (κ3) is 5.18. The zero-order chi connectivity index (χ0) is 28.2. The molecule has 2 unspecified atom stereocenters. The van der Waals surface area contributed by atoms with Crippen LogP contribution in [0.1, 0.15) is 12.1 Å². The smallest absolute Gasteiger partial charge is 0.369 e. The summed E-state index contributed by atoms with van der Waals surface area (Å²) in [5.41, 5.74) is 5.50. The van der Waals surface area contributed by atoms with Crippen molar-refractivity contribution in [1.82, 2.24) is 39.0 Å². The van der Waals surface area contributed by atoms with E-state index >= 15 is 4.39 Å². The van der Waals surface area contributed by atoms with Crippen molar-refractivity contribution in [3.8, 4) is 0 Å². The molecule has 2 aliphatic rings. The highest BCUT2D eigenvalue weighted by atomic mass is 32.5. The zero-order valence-corrected chi connectivity index (χ0v) is 22.6. The number of halogens is 1. The Labute approximate surface area is 227 Å². The minimum atomic E-state index is -4.69. The van der Waals surface area contributed by atoms with Gasteiger partial charge in [0, 0.05) is 6.54 Å². The summed E-state index contributed by atoms with van der Waals surface area (Å²) in [4.78, 5) is 56.1. The molecule has 1 saturated heterocycles. The Bertz CT molecular complexity index is 1750. The molecule has 214 valence electrons. The molecule has 0 spiro atoms. The van der Waals surface area contributed by atoms with E-state index in [0.29, 0.717) is 11.2 Å². The van der Waals surface area contributed by atoms with Crippen LogP contribution in [-0.2, 0) is 52.4 Å². The summed E-state index contributed by atoms with van der Waals surface area (Å²) in [5, 5.41) is 0. The van der Waals surface area contributed by atoms with Gasteiger partial charge in [0.25, 0.3) is 5.56 Å². The predicted molar refractivity (Wildman–Crippen MR) is 135 cm³/mol. The van der Waals surface area contributed by atoms with Crippen LogP contribution in [-0.4, -0.2) is 80.4 Å². The van der Waals surface area contributed by atoms with E-state index in [9.17, 15) is 19.1 Å². The highest BCUT2D eigenvalue weighted by Gasteiger charge is 2.50.